The molecule has 180 valence electrons. The van der Waals surface area contributed by atoms with E-state index in [1.54, 1.807) is 18.2 Å². The molecule has 0 unspecified atom stereocenters. The van der Waals surface area contributed by atoms with E-state index in [0.29, 0.717) is 35.6 Å². The summed E-state index contributed by atoms with van der Waals surface area (Å²) in [4.78, 5) is 12.4. The van der Waals surface area contributed by atoms with E-state index in [4.69, 9.17) is 9.47 Å². The average molecular weight is 480 g/mol. The van der Waals surface area contributed by atoms with Crippen molar-refractivity contribution in [2.24, 2.45) is 0 Å². The molecule has 0 aromatic heterocycles. The van der Waals surface area contributed by atoms with Crippen LogP contribution in [0.4, 0.5) is 13.2 Å². The summed E-state index contributed by atoms with van der Waals surface area (Å²) in [5.74, 6) is 0.132. The van der Waals surface area contributed by atoms with Crippen LogP contribution in [0.1, 0.15) is 22.3 Å². The van der Waals surface area contributed by atoms with Crippen molar-refractivity contribution in [3.05, 3.63) is 101 Å². The minimum absolute atomic E-state index is 0.0715. The Morgan fingerprint density at radius 3 is 2.43 bits per heavy atom. The number of methoxy groups -OCH3 is 1. The molecule has 0 fully saturated rings. The summed E-state index contributed by atoms with van der Waals surface area (Å²) in [6, 6.07) is 21.2. The fraction of sp³-hybridized carbons (Fsp3) is 0.185. The third-order valence-corrected chi connectivity index (χ3v) is 5.05. The smallest absolute Gasteiger partial charge is 0.416 e. The number of nitriles is 1. The highest BCUT2D eigenvalue weighted by atomic mass is 19.4. The highest BCUT2D eigenvalue weighted by Crippen LogP contribution is 2.32. The van der Waals surface area contributed by atoms with Crippen LogP contribution in [0.5, 0.6) is 11.5 Å². The van der Waals surface area contributed by atoms with Crippen molar-refractivity contribution in [1.29, 1.82) is 5.26 Å². The summed E-state index contributed by atoms with van der Waals surface area (Å²) in [6.07, 6.45) is -2.37. The van der Waals surface area contributed by atoms with Crippen LogP contribution in [0, 0.1) is 11.3 Å². The lowest BCUT2D eigenvalue weighted by Crippen LogP contribution is -2.26. The summed E-state index contributed by atoms with van der Waals surface area (Å²) < 4.78 is 49.7. The van der Waals surface area contributed by atoms with Crippen LogP contribution in [-0.2, 0) is 24.0 Å². The van der Waals surface area contributed by atoms with E-state index in [1.165, 1.54) is 25.3 Å². The number of carbonyl (C=O) groups is 1. The van der Waals surface area contributed by atoms with E-state index in [-0.39, 0.29) is 12.2 Å². The number of nitrogens with one attached hydrogen (secondary N) is 1. The zero-order valence-corrected chi connectivity index (χ0v) is 18.9. The number of nitrogens with zero attached hydrogens (tertiary/aromatic N) is 1. The largest absolute Gasteiger partial charge is 0.493 e. The molecule has 8 heteroatoms. The Morgan fingerprint density at radius 2 is 1.74 bits per heavy atom. The molecule has 0 spiro atoms. The summed E-state index contributed by atoms with van der Waals surface area (Å²) in [5, 5.41) is 12.2. The highest BCUT2D eigenvalue weighted by molar-refractivity contribution is 6.01. The molecule has 35 heavy (non-hydrogen) atoms. The zero-order valence-electron chi connectivity index (χ0n) is 18.9. The van der Waals surface area contributed by atoms with Gasteiger partial charge in [-0.25, -0.2) is 0 Å². The molecule has 0 saturated heterocycles. The first-order valence-corrected chi connectivity index (χ1v) is 10.7. The Kier molecular flexibility index (Phi) is 8.52. The first-order valence-electron chi connectivity index (χ1n) is 10.7. The summed E-state index contributed by atoms with van der Waals surface area (Å²) in [7, 11) is 1.42. The Balaban J connectivity index is 1.66. The molecule has 0 bridgehead atoms. The Morgan fingerprint density at radius 1 is 1.00 bits per heavy atom. The van der Waals surface area contributed by atoms with E-state index in [1.807, 2.05) is 36.4 Å². The van der Waals surface area contributed by atoms with Gasteiger partial charge in [0.25, 0.3) is 5.91 Å². The second-order valence-corrected chi connectivity index (χ2v) is 7.56. The Labute approximate surface area is 201 Å². The van der Waals surface area contributed by atoms with Crippen LogP contribution < -0.4 is 14.8 Å². The first-order chi connectivity index (χ1) is 16.8. The predicted molar refractivity (Wildman–Crippen MR) is 126 cm³/mol. The van der Waals surface area contributed by atoms with Crippen LogP contribution >= 0.6 is 0 Å². The summed E-state index contributed by atoms with van der Waals surface area (Å²) >= 11 is 0. The first kappa shape index (κ1) is 25.4. The maximum atomic E-state index is 12.9. The van der Waals surface area contributed by atoms with Gasteiger partial charge in [-0.2, -0.15) is 18.4 Å². The van der Waals surface area contributed by atoms with E-state index >= 15 is 0 Å². The van der Waals surface area contributed by atoms with E-state index in [2.05, 4.69) is 5.32 Å². The van der Waals surface area contributed by atoms with Crippen molar-refractivity contribution in [3.63, 3.8) is 0 Å². The molecule has 0 radical (unpaired) electrons. The minimum atomic E-state index is -4.44. The lowest BCUT2D eigenvalue weighted by molar-refractivity contribution is -0.137. The molecule has 0 aliphatic carbocycles. The molecule has 0 atom stereocenters. The SMILES string of the molecule is COc1cc(C=C(C#N)C(=O)NCCc2ccccc2)ccc1OCc1cccc(C(F)(F)F)c1. The maximum absolute atomic E-state index is 12.9. The zero-order chi connectivity index (χ0) is 25.3. The van der Waals surface area contributed by atoms with Gasteiger partial charge >= 0.3 is 6.18 Å². The molecule has 0 heterocycles. The molecule has 5 nitrogen and oxygen atoms in total. The Bertz CT molecular complexity index is 1230. The van der Waals surface area contributed by atoms with Gasteiger partial charge in [-0.15, -0.1) is 0 Å². The van der Waals surface area contributed by atoms with Gasteiger partial charge in [-0.1, -0.05) is 48.5 Å². The number of amides is 1. The van der Waals surface area contributed by atoms with Gasteiger partial charge in [0.1, 0.15) is 18.2 Å². The standard InChI is InChI=1S/C27H23F3N2O3/c1-34-25-16-20(14-22(17-31)26(33)32-13-12-19-6-3-2-4-7-19)10-11-24(25)35-18-21-8-5-9-23(15-21)27(28,29)30/h2-11,14-16H,12-13,18H2,1H3,(H,32,33). The maximum Gasteiger partial charge on any atom is 0.416 e. The van der Waals surface area contributed by atoms with E-state index in [9.17, 15) is 23.2 Å². The van der Waals surface area contributed by atoms with Crippen LogP contribution in [0.2, 0.25) is 0 Å². The highest BCUT2D eigenvalue weighted by Gasteiger charge is 2.30. The van der Waals surface area contributed by atoms with Crippen LogP contribution in [-0.4, -0.2) is 19.6 Å². The molecule has 0 aliphatic heterocycles. The number of hydrogen-bond donors (Lipinski definition) is 1. The van der Waals surface area contributed by atoms with Crippen molar-refractivity contribution in [2.75, 3.05) is 13.7 Å². The summed E-state index contributed by atoms with van der Waals surface area (Å²) in [6.45, 7) is 0.288. The number of rotatable bonds is 9. The summed E-state index contributed by atoms with van der Waals surface area (Å²) in [5.41, 5.74) is 1.13. The Hall–Kier alpha value is -4.25. The third-order valence-electron chi connectivity index (χ3n) is 5.05. The number of alkyl halides is 3. The molecule has 0 aliphatic rings. The van der Waals surface area contributed by atoms with Crippen LogP contribution in [0.15, 0.2) is 78.4 Å². The quantitative estimate of drug-likeness (QED) is 0.322. The van der Waals surface area contributed by atoms with Gasteiger partial charge < -0.3 is 14.8 Å². The number of benzene rings is 3. The number of hydrogen-bond acceptors (Lipinski definition) is 4. The van der Waals surface area contributed by atoms with Crippen LogP contribution in [0.25, 0.3) is 6.08 Å². The second-order valence-electron chi connectivity index (χ2n) is 7.56. The molecule has 3 aromatic carbocycles. The van der Waals surface area contributed by atoms with Crippen molar-refractivity contribution in [2.45, 2.75) is 19.2 Å². The van der Waals surface area contributed by atoms with Gasteiger partial charge in [-0.05, 0) is 53.5 Å². The van der Waals surface area contributed by atoms with Gasteiger partial charge in [-0.3, -0.25) is 4.79 Å². The topological polar surface area (TPSA) is 71.3 Å². The molecule has 3 rings (SSSR count). The van der Waals surface area contributed by atoms with Gasteiger partial charge in [0, 0.05) is 6.54 Å². The third kappa shape index (κ3) is 7.37. The molecule has 0 saturated carbocycles. The van der Waals surface area contributed by atoms with Crippen molar-refractivity contribution in [1.82, 2.24) is 5.32 Å². The lowest BCUT2D eigenvalue weighted by atomic mass is 10.1. The monoisotopic (exact) mass is 480 g/mol. The molecule has 3 aromatic rings. The van der Waals surface area contributed by atoms with Gasteiger partial charge in [0.2, 0.25) is 0 Å². The molecular formula is C27H23F3N2O3. The van der Waals surface area contributed by atoms with E-state index < -0.39 is 17.6 Å². The fourth-order valence-corrected chi connectivity index (χ4v) is 3.27. The molecule has 1 N–H and O–H groups in total. The van der Waals surface area contributed by atoms with Crippen LogP contribution in [0.3, 0.4) is 0 Å². The number of ether oxygens (including phenoxy) is 2. The molecular weight excluding hydrogens is 457 g/mol. The van der Waals surface area contributed by atoms with Gasteiger partial charge in [0.05, 0.1) is 12.7 Å². The predicted octanol–water partition coefficient (Wildman–Crippen LogP) is 5.56. The molecule has 1 amide bonds. The van der Waals surface area contributed by atoms with Crippen molar-refractivity contribution in [3.8, 4) is 17.6 Å². The lowest BCUT2D eigenvalue weighted by Gasteiger charge is -2.13. The van der Waals surface area contributed by atoms with Crippen molar-refractivity contribution < 1.29 is 27.4 Å². The fourth-order valence-electron chi connectivity index (χ4n) is 3.27. The normalized spacial score (nSPS) is 11.5. The number of carbonyl (C=O) groups excluding carboxylic acids is 1. The number of halogens is 3. The minimum Gasteiger partial charge on any atom is -0.493 e. The van der Waals surface area contributed by atoms with Crippen molar-refractivity contribution >= 4 is 12.0 Å². The van der Waals surface area contributed by atoms with Gasteiger partial charge in [0.15, 0.2) is 11.5 Å². The second kappa shape index (κ2) is 11.7. The average Bonchev–Trinajstić information content (AvgIpc) is 2.86. The van der Waals surface area contributed by atoms with E-state index in [0.717, 1.165) is 17.7 Å².